The average Bonchev–Trinajstić information content (AvgIpc) is 3.20. The molecule has 0 N–H and O–H groups in total. The number of hydrogen-bond acceptors (Lipinski definition) is 4. The standard InChI is InChI=1S/C26H25ClN2O3S/c1-16-5-6-17(2)23(13-16)32-12-11-28-25(30)24(33-26(28)31)15-20-14-18(3)29(19(20)4)22-9-7-21(27)8-10-22/h5-10,13-15H,11-12H2,1-4H3/b24-15-. The van der Waals surface area contributed by atoms with Crippen LogP contribution in [0.3, 0.4) is 0 Å². The highest BCUT2D eigenvalue weighted by molar-refractivity contribution is 8.18. The van der Waals surface area contributed by atoms with Crippen molar-refractivity contribution in [2.24, 2.45) is 0 Å². The Morgan fingerprint density at radius 3 is 2.45 bits per heavy atom. The maximum atomic E-state index is 12.9. The van der Waals surface area contributed by atoms with Crippen LogP contribution in [-0.4, -0.2) is 33.8 Å². The molecule has 2 amide bonds. The van der Waals surface area contributed by atoms with Gasteiger partial charge in [-0.3, -0.25) is 14.5 Å². The first kappa shape index (κ1) is 23.2. The van der Waals surface area contributed by atoms with E-state index < -0.39 is 0 Å². The molecule has 1 fully saturated rings. The van der Waals surface area contributed by atoms with E-state index in [0.29, 0.717) is 9.93 Å². The van der Waals surface area contributed by atoms with E-state index in [0.717, 1.165) is 51.3 Å². The summed E-state index contributed by atoms with van der Waals surface area (Å²) in [5.74, 6) is 0.484. The Bertz CT molecular complexity index is 1260. The zero-order valence-electron chi connectivity index (χ0n) is 19.0. The van der Waals surface area contributed by atoms with E-state index in [1.807, 2.05) is 76.2 Å². The molecule has 33 heavy (non-hydrogen) atoms. The lowest BCUT2D eigenvalue weighted by atomic mass is 10.1. The third-order valence-electron chi connectivity index (χ3n) is 5.63. The number of aryl methyl sites for hydroxylation is 3. The first-order chi connectivity index (χ1) is 15.7. The van der Waals surface area contributed by atoms with Gasteiger partial charge in [-0.2, -0.15) is 0 Å². The van der Waals surface area contributed by atoms with Crippen LogP contribution in [0.15, 0.2) is 53.4 Å². The van der Waals surface area contributed by atoms with Crippen molar-refractivity contribution in [3.63, 3.8) is 0 Å². The number of halogens is 1. The van der Waals surface area contributed by atoms with Crippen molar-refractivity contribution in [2.75, 3.05) is 13.2 Å². The van der Waals surface area contributed by atoms with Gasteiger partial charge in [-0.25, -0.2) is 0 Å². The third kappa shape index (κ3) is 4.87. The van der Waals surface area contributed by atoms with Crippen LogP contribution in [0.25, 0.3) is 11.8 Å². The second kappa shape index (κ2) is 9.49. The quantitative estimate of drug-likeness (QED) is 0.379. The fourth-order valence-corrected chi connectivity index (χ4v) is 4.85. The summed E-state index contributed by atoms with van der Waals surface area (Å²) in [6.45, 7) is 8.43. The van der Waals surface area contributed by atoms with Gasteiger partial charge in [0.15, 0.2) is 0 Å². The number of carbonyl (C=O) groups excluding carboxylic acids is 2. The first-order valence-electron chi connectivity index (χ1n) is 10.6. The van der Waals surface area contributed by atoms with E-state index in [1.54, 1.807) is 6.08 Å². The summed E-state index contributed by atoms with van der Waals surface area (Å²) < 4.78 is 7.94. The van der Waals surface area contributed by atoms with E-state index in [1.165, 1.54) is 4.90 Å². The lowest BCUT2D eigenvalue weighted by Gasteiger charge is -2.14. The third-order valence-corrected chi connectivity index (χ3v) is 6.79. The lowest BCUT2D eigenvalue weighted by Crippen LogP contribution is -2.32. The molecule has 2 aromatic carbocycles. The molecule has 4 rings (SSSR count). The Kier molecular flexibility index (Phi) is 6.68. The highest BCUT2D eigenvalue weighted by Gasteiger charge is 2.35. The summed E-state index contributed by atoms with van der Waals surface area (Å²) >= 11 is 6.99. The van der Waals surface area contributed by atoms with Crippen LogP contribution in [0, 0.1) is 27.7 Å². The SMILES string of the molecule is Cc1ccc(C)c(OCCN2C(=O)S/C(=C\c3cc(C)n(-c4ccc(Cl)cc4)c3C)C2=O)c1. The number of benzene rings is 2. The Hall–Kier alpha value is -2.96. The van der Waals surface area contributed by atoms with Gasteiger partial charge in [-0.15, -0.1) is 0 Å². The predicted octanol–water partition coefficient (Wildman–Crippen LogP) is 6.48. The molecule has 1 aromatic heterocycles. The number of rotatable bonds is 6. The average molecular weight is 481 g/mol. The molecule has 0 spiro atoms. The van der Waals surface area contributed by atoms with E-state index in [2.05, 4.69) is 4.57 Å². The highest BCUT2D eigenvalue weighted by Crippen LogP contribution is 2.34. The summed E-state index contributed by atoms with van der Waals surface area (Å²) in [6, 6.07) is 15.6. The Morgan fingerprint density at radius 1 is 1.00 bits per heavy atom. The van der Waals surface area contributed by atoms with Gasteiger partial charge in [0.1, 0.15) is 12.4 Å². The monoisotopic (exact) mass is 480 g/mol. The first-order valence-corrected chi connectivity index (χ1v) is 11.8. The number of aromatic nitrogens is 1. The molecule has 5 nitrogen and oxygen atoms in total. The summed E-state index contributed by atoms with van der Waals surface area (Å²) in [5, 5.41) is 0.402. The van der Waals surface area contributed by atoms with Gasteiger partial charge in [0.2, 0.25) is 0 Å². The molecule has 2 heterocycles. The van der Waals surface area contributed by atoms with Crippen LogP contribution in [0.2, 0.25) is 5.02 Å². The number of ether oxygens (including phenoxy) is 1. The molecular formula is C26H25ClN2O3S. The number of hydrogen-bond donors (Lipinski definition) is 0. The number of carbonyl (C=O) groups is 2. The van der Waals surface area contributed by atoms with Crippen LogP contribution >= 0.6 is 23.4 Å². The van der Waals surface area contributed by atoms with Crippen molar-refractivity contribution in [2.45, 2.75) is 27.7 Å². The van der Waals surface area contributed by atoms with Crippen LogP contribution in [0.5, 0.6) is 5.75 Å². The van der Waals surface area contributed by atoms with Gasteiger partial charge in [0.05, 0.1) is 11.4 Å². The zero-order chi connectivity index (χ0) is 23.7. The molecule has 0 aliphatic carbocycles. The number of nitrogens with zero attached hydrogens (tertiary/aromatic N) is 2. The van der Waals surface area contributed by atoms with Gasteiger partial charge in [-0.05, 0) is 98.6 Å². The van der Waals surface area contributed by atoms with Crippen molar-refractivity contribution >= 4 is 40.6 Å². The molecule has 0 bridgehead atoms. The van der Waals surface area contributed by atoms with Crippen LogP contribution in [0.4, 0.5) is 4.79 Å². The predicted molar refractivity (Wildman–Crippen MR) is 134 cm³/mol. The molecule has 7 heteroatoms. The van der Waals surface area contributed by atoms with E-state index in [4.69, 9.17) is 16.3 Å². The van der Waals surface area contributed by atoms with Gasteiger partial charge in [0, 0.05) is 22.1 Å². The fourth-order valence-electron chi connectivity index (χ4n) is 3.86. The van der Waals surface area contributed by atoms with Crippen LogP contribution in [-0.2, 0) is 4.79 Å². The zero-order valence-corrected chi connectivity index (χ0v) is 20.6. The fraction of sp³-hybridized carbons (Fsp3) is 0.231. The van der Waals surface area contributed by atoms with E-state index >= 15 is 0 Å². The van der Waals surface area contributed by atoms with Crippen molar-refractivity contribution in [1.82, 2.24) is 9.47 Å². The molecular weight excluding hydrogens is 456 g/mol. The number of imide groups is 1. The lowest BCUT2D eigenvalue weighted by molar-refractivity contribution is -0.123. The van der Waals surface area contributed by atoms with E-state index in [9.17, 15) is 9.59 Å². The smallest absolute Gasteiger partial charge is 0.293 e. The van der Waals surface area contributed by atoms with Crippen LogP contribution < -0.4 is 4.74 Å². The van der Waals surface area contributed by atoms with Gasteiger partial charge < -0.3 is 9.30 Å². The largest absolute Gasteiger partial charge is 0.491 e. The molecule has 1 saturated heterocycles. The number of amides is 2. The molecule has 170 valence electrons. The molecule has 1 aliphatic rings. The molecule has 0 radical (unpaired) electrons. The molecule has 3 aromatic rings. The van der Waals surface area contributed by atoms with Crippen molar-refractivity contribution in [1.29, 1.82) is 0 Å². The van der Waals surface area contributed by atoms with Gasteiger partial charge in [-0.1, -0.05) is 23.7 Å². The Morgan fingerprint density at radius 2 is 1.73 bits per heavy atom. The number of thioether (sulfide) groups is 1. The van der Waals surface area contributed by atoms with E-state index in [-0.39, 0.29) is 24.3 Å². The molecule has 1 aliphatic heterocycles. The Balaban J connectivity index is 1.49. The van der Waals surface area contributed by atoms with Crippen LogP contribution in [0.1, 0.15) is 28.1 Å². The summed E-state index contributed by atoms with van der Waals surface area (Å²) in [7, 11) is 0. The maximum absolute atomic E-state index is 12.9. The van der Waals surface area contributed by atoms with Crippen molar-refractivity contribution in [3.05, 3.63) is 86.5 Å². The highest BCUT2D eigenvalue weighted by atomic mass is 35.5. The minimum absolute atomic E-state index is 0.208. The Labute approximate surface area is 203 Å². The summed E-state index contributed by atoms with van der Waals surface area (Å²) in [5.41, 5.74) is 6.03. The second-order valence-corrected chi connectivity index (χ2v) is 9.52. The normalized spacial score (nSPS) is 15.1. The topological polar surface area (TPSA) is 51.5 Å². The molecule has 0 unspecified atom stereocenters. The minimum Gasteiger partial charge on any atom is -0.491 e. The second-order valence-electron chi connectivity index (χ2n) is 8.09. The van der Waals surface area contributed by atoms with Crippen molar-refractivity contribution in [3.8, 4) is 11.4 Å². The molecule has 0 atom stereocenters. The maximum Gasteiger partial charge on any atom is 0.293 e. The summed E-state index contributed by atoms with van der Waals surface area (Å²) in [6.07, 6.45) is 1.80. The minimum atomic E-state index is -0.286. The summed E-state index contributed by atoms with van der Waals surface area (Å²) in [4.78, 5) is 27.1. The van der Waals surface area contributed by atoms with Gasteiger partial charge >= 0.3 is 0 Å². The van der Waals surface area contributed by atoms with Crippen molar-refractivity contribution < 1.29 is 14.3 Å². The molecule has 0 saturated carbocycles. The van der Waals surface area contributed by atoms with Gasteiger partial charge in [0.25, 0.3) is 11.1 Å².